The molecule has 7 heteroatoms. The van der Waals surface area contributed by atoms with Gasteiger partial charge in [0.15, 0.2) is 0 Å². The highest BCUT2D eigenvalue weighted by molar-refractivity contribution is 7.46. The number of amides is 1. The first kappa shape index (κ1) is 29.0. The first-order valence-electron chi connectivity index (χ1n) is 10.8. The Morgan fingerprint density at radius 2 is 1.19 bits per heavy atom. The predicted octanol–water partition coefficient (Wildman–Crippen LogP) is 5.69. The highest BCUT2D eigenvalue weighted by atomic mass is 31.2. The van der Waals surface area contributed by atoms with Crippen LogP contribution in [0.25, 0.3) is 0 Å². The molecule has 0 saturated carbocycles. The van der Waals surface area contributed by atoms with Crippen molar-refractivity contribution in [1.29, 1.82) is 0 Å². The molecule has 0 aromatic heterocycles. The van der Waals surface area contributed by atoms with Crippen LogP contribution in [-0.2, 0) is 13.9 Å². The van der Waals surface area contributed by atoms with E-state index in [1.54, 1.807) is 0 Å². The van der Waals surface area contributed by atoms with Gasteiger partial charge in [0.1, 0.15) is 0 Å². The lowest BCUT2D eigenvalue weighted by atomic mass is 10.2. The van der Waals surface area contributed by atoms with E-state index in [2.05, 4.69) is 77.5 Å². The molecule has 3 N–H and O–H groups in total. The van der Waals surface area contributed by atoms with E-state index in [1.165, 1.54) is 0 Å². The molecule has 0 radical (unpaired) electrons. The van der Waals surface area contributed by atoms with Crippen LogP contribution < -0.4 is 5.32 Å². The maximum Gasteiger partial charge on any atom is 0.469 e. The average Bonchev–Trinajstić information content (AvgIpc) is 2.72. The van der Waals surface area contributed by atoms with E-state index in [4.69, 9.17) is 9.79 Å². The molecule has 0 aromatic rings. The van der Waals surface area contributed by atoms with Crippen molar-refractivity contribution >= 4 is 13.7 Å². The molecule has 6 nitrogen and oxygen atoms in total. The van der Waals surface area contributed by atoms with E-state index in [-0.39, 0.29) is 19.1 Å². The van der Waals surface area contributed by atoms with Gasteiger partial charge in [-0.1, -0.05) is 79.8 Å². The summed E-state index contributed by atoms with van der Waals surface area (Å²) in [6.45, 7) is 2.00. The van der Waals surface area contributed by atoms with Gasteiger partial charge in [0, 0.05) is 13.0 Å². The van der Waals surface area contributed by atoms with Crippen molar-refractivity contribution in [3.63, 3.8) is 0 Å². The molecule has 0 aliphatic carbocycles. The standard InChI is InChI=1S/C24H38NO5P/c1-2-3-4-5-6-7-8-9-10-11-12-13-14-15-16-17-18-19-20-21-24(26)25-22-23-30-31(27,28)29/h3-4,6-7,9-10,12-13,15-16,18-19H,2,5,8,11,14,17,20-23H2,1H3,(H,25,26)(H2,27,28,29). The average molecular weight is 452 g/mol. The van der Waals surface area contributed by atoms with Crippen molar-refractivity contribution in [2.75, 3.05) is 13.2 Å². The smallest absolute Gasteiger partial charge is 0.354 e. The minimum Gasteiger partial charge on any atom is -0.354 e. The Morgan fingerprint density at radius 3 is 1.61 bits per heavy atom. The van der Waals surface area contributed by atoms with E-state index >= 15 is 0 Å². The van der Waals surface area contributed by atoms with Crippen LogP contribution >= 0.6 is 7.82 Å². The van der Waals surface area contributed by atoms with Crippen LogP contribution in [0.15, 0.2) is 72.9 Å². The maximum absolute atomic E-state index is 11.5. The second kappa shape index (κ2) is 21.3. The number of phosphoric ester groups is 1. The van der Waals surface area contributed by atoms with Crippen LogP contribution in [0.2, 0.25) is 0 Å². The zero-order valence-electron chi connectivity index (χ0n) is 18.6. The number of phosphoric acid groups is 1. The molecule has 0 aromatic carbocycles. The Hall–Kier alpha value is -1.98. The lowest BCUT2D eigenvalue weighted by Gasteiger charge is -2.06. The molecule has 0 atom stereocenters. The van der Waals surface area contributed by atoms with Gasteiger partial charge >= 0.3 is 7.82 Å². The van der Waals surface area contributed by atoms with Gasteiger partial charge in [0.2, 0.25) is 5.91 Å². The Labute approximate surface area is 187 Å². The van der Waals surface area contributed by atoms with Crippen molar-refractivity contribution < 1.29 is 23.7 Å². The van der Waals surface area contributed by atoms with Gasteiger partial charge in [-0.3, -0.25) is 9.32 Å². The summed E-state index contributed by atoms with van der Waals surface area (Å²) in [6, 6.07) is 0. The summed E-state index contributed by atoms with van der Waals surface area (Å²) in [7, 11) is -4.46. The lowest BCUT2D eigenvalue weighted by Crippen LogP contribution is -2.26. The number of nitrogens with one attached hydrogen (secondary N) is 1. The minimum absolute atomic E-state index is 0.0771. The molecule has 0 saturated heterocycles. The monoisotopic (exact) mass is 451 g/mol. The van der Waals surface area contributed by atoms with Gasteiger partial charge in [0.25, 0.3) is 0 Å². The van der Waals surface area contributed by atoms with E-state index in [1.807, 2.05) is 12.2 Å². The molecule has 0 fully saturated rings. The topological polar surface area (TPSA) is 95.9 Å². The summed E-state index contributed by atoms with van der Waals surface area (Å²) < 4.78 is 14.7. The zero-order chi connectivity index (χ0) is 23.0. The number of rotatable bonds is 18. The summed E-state index contributed by atoms with van der Waals surface area (Å²) in [6.07, 6.45) is 32.3. The summed E-state index contributed by atoms with van der Waals surface area (Å²) in [5.41, 5.74) is 0. The van der Waals surface area contributed by atoms with Gasteiger partial charge in [-0.25, -0.2) is 4.57 Å². The largest absolute Gasteiger partial charge is 0.469 e. The van der Waals surface area contributed by atoms with Crippen LogP contribution in [0.5, 0.6) is 0 Å². The normalized spacial score (nSPS) is 13.3. The number of hydrogen-bond donors (Lipinski definition) is 3. The van der Waals surface area contributed by atoms with Crippen molar-refractivity contribution in [2.45, 2.75) is 58.3 Å². The molecule has 0 bridgehead atoms. The molecular formula is C24H38NO5P. The van der Waals surface area contributed by atoms with E-state index in [0.29, 0.717) is 12.8 Å². The molecule has 1 amide bonds. The van der Waals surface area contributed by atoms with E-state index < -0.39 is 7.82 Å². The fourth-order valence-corrected chi connectivity index (χ4v) is 2.63. The summed E-state index contributed by atoms with van der Waals surface area (Å²) in [5, 5.41) is 2.54. The van der Waals surface area contributed by atoms with Crippen LogP contribution in [0.3, 0.4) is 0 Å². The quantitative estimate of drug-likeness (QED) is 0.141. The third kappa shape index (κ3) is 26.0. The van der Waals surface area contributed by atoms with Crippen LogP contribution in [0.1, 0.15) is 58.3 Å². The van der Waals surface area contributed by atoms with E-state index in [0.717, 1.165) is 38.5 Å². The Bertz CT molecular complexity index is 671. The lowest BCUT2D eigenvalue weighted by molar-refractivity contribution is -0.121. The first-order chi connectivity index (χ1) is 15.0. The Balaban J connectivity index is 3.59. The van der Waals surface area contributed by atoms with Gasteiger partial charge in [0.05, 0.1) is 6.61 Å². The van der Waals surface area contributed by atoms with E-state index in [9.17, 15) is 9.36 Å². The molecule has 0 aliphatic heterocycles. The van der Waals surface area contributed by atoms with Crippen molar-refractivity contribution in [1.82, 2.24) is 5.32 Å². The second-order valence-electron chi connectivity index (χ2n) is 6.63. The molecule has 0 rings (SSSR count). The molecule has 0 spiro atoms. The maximum atomic E-state index is 11.5. The third-order valence-electron chi connectivity index (χ3n) is 3.82. The molecular weight excluding hydrogens is 413 g/mol. The SMILES string of the molecule is CCC=CCC=CCC=CCC=CCC=CCC=CCCC(=O)NCCOP(=O)(O)O. The number of carbonyl (C=O) groups excluding carboxylic acids is 1. The molecule has 31 heavy (non-hydrogen) atoms. The highest BCUT2D eigenvalue weighted by Crippen LogP contribution is 2.35. The molecule has 174 valence electrons. The molecule has 0 aliphatic rings. The first-order valence-corrected chi connectivity index (χ1v) is 12.4. The Morgan fingerprint density at radius 1 is 0.774 bits per heavy atom. The predicted molar refractivity (Wildman–Crippen MR) is 128 cm³/mol. The Kier molecular flexibility index (Phi) is 19.9. The fraction of sp³-hybridized carbons (Fsp3) is 0.458. The van der Waals surface area contributed by atoms with Gasteiger partial charge in [-0.2, -0.15) is 0 Å². The number of carbonyl (C=O) groups is 1. The van der Waals surface area contributed by atoms with Gasteiger partial charge in [-0.05, 0) is 44.9 Å². The third-order valence-corrected chi connectivity index (χ3v) is 4.34. The van der Waals surface area contributed by atoms with Crippen molar-refractivity contribution in [2.24, 2.45) is 0 Å². The van der Waals surface area contributed by atoms with Gasteiger partial charge in [-0.15, -0.1) is 0 Å². The number of allylic oxidation sites excluding steroid dienone is 12. The molecule has 0 heterocycles. The van der Waals surface area contributed by atoms with Crippen LogP contribution in [-0.4, -0.2) is 28.8 Å². The summed E-state index contributed by atoms with van der Waals surface area (Å²) in [4.78, 5) is 28.5. The van der Waals surface area contributed by atoms with Crippen molar-refractivity contribution in [3.05, 3.63) is 72.9 Å². The van der Waals surface area contributed by atoms with Crippen molar-refractivity contribution in [3.8, 4) is 0 Å². The second-order valence-corrected chi connectivity index (χ2v) is 7.87. The number of hydrogen-bond acceptors (Lipinski definition) is 3. The van der Waals surface area contributed by atoms with Crippen LogP contribution in [0, 0.1) is 0 Å². The highest BCUT2D eigenvalue weighted by Gasteiger charge is 2.12. The van der Waals surface area contributed by atoms with Gasteiger partial charge < -0.3 is 15.1 Å². The summed E-state index contributed by atoms with van der Waals surface area (Å²) in [5.74, 6) is -0.172. The molecule has 0 unspecified atom stereocenters. The van der Waals surface area contributed by atoms with Crippen LogP contribution in [0.4, 0.5) is 0 Å². The summed E-state index contributed by atoms with van der Waals surface area (Å²) >= 11 is 0. The minimum atomic E-state index is -4.46. The zero-order valence-corrected chi connectivity index (χ0v) is 19.5. The fourth-order valence-electron chi connectivity index (χ4n) is 2.30.